The Morgan fingerprint density at radius 2 is 2.22 bits per heavy atom. The molecule has 0 saturated carbocycles. The van der Waals surface area contributed by atoms with Crippen molar-refractivity contribution < 1.29 is 9.53 Å². The van der Waals surface area contributed by atoms with Crippen molar-refractivity contribution >= 4 is 29.5 Å². The third kappa shape index (κ3) is 2.44. The van der Waals surface area contributed by atoms with Gasteiger partial charge in [-0.15, -0.1) is 12.4 Å². The molecular formula is C12H12ClN3O2. The fourth-order valence-electron chi connectivity index (χ4n) is 1.66. The molecule has 0 unspecified atom stereocenters. The maximum atomic E-state index is 11.8. The van der Waals surface area contributed by atoms with Crippen molar-refractivity contribution in [1.82, 2.24) is 9.55 Å². The Labute approximate surface area is 110 Å². The number of benzene rings is 1. The molecule has 0 aliphatic heterocycles. The molecule has 1 aromatic carbocycles. The van der Waals surface area contributed by atoms with Gasteiger partial charge in [0.05, 0.1) is 30.1 Å². The van der Waals surface area contributed by atoms with Crippen molar-refractivity contribution in [2.45, 2.75) is 13.3 Å². The van der Waals surface area contributed by atoms with Crippen LogP contribution in [0.25, 0.3) is 11.0 Å². The highest BCUT2D eigenvalue weighted by atomic mass is 35.5. The van der Waals surface area contributed by atoms with Crippen molar-refractivity contribution in [3.8, 4) is 6.07 Å². The molecule has 6 heteroatoms. The van der Waals surface area contributed by atoms with Crippen LogP contribution in [0, 0.1) is 11.3 Å². The van der Waals surface area contributed by atoms with Crippen LogP contribution in [0.4, 0.5) is 4.79 Å². The van der Waals surface area contributed by atoms with E-state index in [-0.39, 0.29) is 25.4 Å². The Morgan fingerprint density at radius 1 is 1.50 bits per heavy atom. The van der Waals surface area contributed by atoms with Gasteiger partial charge in [0.15, 0.2) is 0 Å². The van der Waals surface area contributed by atoms with E-state index in [0.717, 1.165) is 0 Å². The van der Waals surface area contributed by atoms with Crippen LogP contribution in [-0.2, 0) is 11.2 Å². The molecule has 0 aliphatic carbocycles. The Bertz CT molecular complexity index is 601. The molecule has 0 aliphatic rings. The predicted molar refractivity (Wildman–Crippen MR) is 68.7 cm³/mol. The van der Waals surface area contributed by atoms with Gasteiger partial charge in [-0.05, 0) is 19.1 Å². The second-order valence-corrected chi connectivity index (χ2v) is 3.39. The van der Waals surface area contributed by atoms with Gasteiger partial charge < -0.3 is 4.74 Å². The van der Waals surface area contributed by atoms with E-state index in [4.69, 9.17) is 10.00 Å². The van der Waals surface area contributed by atoms with Crippen LogP contribution in [0.3, 0.4) is 0 Å². The maximum Gasteiger partial charge on any atom is 0.420 e. The van der Waals surface area contributed by atoms with Crippen LogP contribution in [0.5, 0.6) is 0 Å². The number of hydrogen-bond acceptors (Lipinski definition) is 4. The zero-order valence-electron chi connectivity index (χ0n) is 9.79. The van der Waals surface area contributed by atoms with Gasteiger partial charge in [0.25, 0.3) is 0 Å². The molecule has 0 radical (unpaired) electrons. The van der Waals surface area contributed by atoms with Crippen LogP contribution in [0.1, 0.15) is 12.7 Å². The molecule has 18 heavy (non-hydrogen) atoms. The molecule has 0 atom stereocenters. The lowest BCUT2D eigenvalue weighted by atomic mass is 10.3. The van der Waals surface area contributed by atoms with E-state index in [1.54, 1.807) is 19.1 Å². The molecule has 1 heterocycles. The van der Waals surface area contributed by atoms with E-state index < -0.39 is 6.09 Å². The number of nitrogens with zero attached hydrogens (tertiary/aromatic N) is 3. The minimum atomic E-state index is -0.494. The Hall–Kier alpha value is -2.06. The number of halogens is 1. The van der Waals surface area contributed by atoms with Gasteiger partial charge in [-0.25, -0.2) is 14.3 Å². The highest BCUT2D eigenvalue weighted by Crippen LogP contribution is 2.16. The molecule has 5 nitrogen and oxygen atoms in total. The average molecular weight is 266 g/mol. The SMILES string of the molecule is CCOC(=O)n1c(CC#N)nc2ccccc21.Cl. The molecule has 2 rings (SSSR count). The van der Waals surface area contributed by atoms with Crippen LogP contribution < -0.4 is 0 Å². The highest BCUT2D eigenvalue weighted by molar-refractivity contribution is 5.87. The maximum absolute atomic E-state index is 11.8. The number of carbonyl (C=O) groups excluding carboxylic acids is 1. The van der Waals surface area contributed by atoms with Crippen molar-refractivity contribution in [2.24, 2.45) is 0 Å². The largest absolute Gasteiger partial charge is 0.449 e. The third-order valence-electron chi connectivity index (χ3n) is 2.32. The second kappa shape index (κ2) is 6.03. The first-order chi connectivity index (χ1) is 8.27. The van der Waals surface area contributed by atoms with Crippen LogP contribution in [-0.4, -0.2) is 22.3 Å². The van der Waals surface area contributed by atoms with Crippen LogP contribution in [0.15, 0.2) is 24.3 Å². The minimum absolute atomic E-state index is 0. The Kier molecular flexibility index (Phi) is 4.69. The lowest BCUT2D eigenvalue weighted by Gasteiger charge is -2.05. The quantitative estimate of drug-likeness (QED) is 0.837. The third-order valence-corrected chi connectivity index (χ3v) is 2.32. The minimum Gasteiger partial charge on any atom is -0.449 e. The molecule has 94 valence electrons. The Morgan fingerprint density at radius 3 is 2.89 bits per heavy atom. The number of ether oxygens (including phenoxy) is 1. The first-order valence-electron chi connectivity index (χ1n) is 5.28. The van der Waals surface area contributed by atoms with Gasteiger partial charge in [0.1, 0.15) is 5.82 Å². The normalized spacial score (nSPS) is 9.56. The average Bonchev–Trinajstić information content (AvgIpc) is 2.67. The number of aromatic nitrogens is 2. The lowest BCUT2D eigenvalue weighted by molar-refractivity contribution is 0.154. The summed E-state index contributed by atoms with van der Waals surface area (Å²) in [7, 11) is 0. The zero-order chi connectivity index (χ0) is 12.3. The van der Waals surface area contributed by atoms with E-state index in [1.807, 2.05) is 18.2 Å². The monoisotopic (exact) mass is 265 g/mol. The standard InChI is InChI=1S/C12H11N3O2.ClH/c1-2-17-12(16)15-10-6-4-3-5-9(10)14-11(15)7-8-13;/h3-6H,2,7H2,1H3;1H. The first-order valence-corrected chi connectivity index (χ1v) is 5.28. The fraction of sp³-hybridized carbons (Fsp3) is 0.250. The van der Waals surface area contributed by atoms with E-state index in [1.165, 1.54) is 4.57 Å². The number of hydrogen-bond donors (Lipinski definition) is 0. The topological polar surface area (TPSA) is 67.9 Å². The van der Waals surface area contributed by atoms with E-state index in [0.29, 0.717) is 16.9 Å². The Balaban J connectivity index is 0.00000162. The molecule has 0 spiro atoms. The van der Waals surface area contributed by atoms with E-state index >= 15 is 0 Å². The van der Waals surface area contributed by atoms with Crippen molar-refractivity contribution in [1.29, 1.82) is 5.26 Å². The number of rotatable bonds is 2. The molecule has 0 N–H and O–H groups in total. The summed E-state index contributed by atoms with van der Waals surface area (Å²) in [5, 5.41) is 8.73. The zero-order valence-corrected chi connectivity index (χ0v) is 10.6. The second-order valence-electron chi connectivity index (χ2n) is 3.39. The summed E-state index contributed by atoms with van der Waals surface area (Å²) in [6.07, 6.45) is -0.417. The van der Waals surface area contributed by atoms with Gasteiger partial charge in [0.2, 0.25) is 0 Å². The summed E-state index contributed by atoms with van der Waals surface area (Å²) in [6, 6.07) is 9.22. The molecular weight excluding hydrogens is 254 g/mol. The van der Waals surface area contributed by atoms with Gasteiger partial charge in [-0.3, -0.25) is 0 Å². The number of imidazole rings is 1. The number of carbonyl (C=O) groups is 1. The van der Waals surface area contributed by atoms with Crippen LogP contribution >= 0.6 is 12.4 Å². The van der Waals surface area contributed by atoms with E-state index in [9.17, 15) is 4.79 Å². The molecule has 2 aromatic rings. The van der Waals surface area contributed by atoms with Gasteiger partial charge in [-0.1, -0.05) is 12.1 Å². The number of nitriles is 1. The summed E-state index contributed by atoms with van der Waals surface area (Å²) < 4.78 is 6.31. The van der Waals surface area contributed by atoms with Gasteiger partial charge in [0, 0.05) is 0 Å². The fourth-order valence-corrected chi connectivity index (χ4v) is 1.66. The number of para-hydroxylation sites is 2. The highest BCUT2D eigenvalue weighted by Gasteiger charge is 2.16. The summed E-state index contributed by atoms with van der Waals surface area (Å²) in [6.45, 7) is 2.03. The van der Waals surface area contributed by atoms with E-state index in [2.05, 4.69) is 4.98 Å². The predicted octanol–water partition coefficient (Wildman–Crippen LogP) is 2.53. The van der Waals surface area contributed by atoms with Crippen molar-refractivity contribution in [3.05, 3.63) is 30.1 Å². The van der Waals surface area contributed by atoms with Gasteiger partial charge >= 0.3 is 6.09 Å². The molecule has 0 amide bonds. The lowest BCUT2D eigenvalue weighted by Crippen LogP contribution is -2.16. The van der Waals surface area contributed by atoms with Crippen molar-refractivity contribution in [2.75, 3.05) is 6.61 Å². The van der Waals surface area contributed by atoms with Gasteiger partial charge in [-0.2, -0.15) is 5.26 Å². The first kappa shape index (κ1) is 14.0. The summed E-state index contributed by atoms with van der Waals surface area (Å²) in [5.41, 5.74) is 1.35. The smallest absolute Gasteiger partial charge is 0.420 e. The molecule has 1 aromatic heterocycles. The summed E-state index contributed by atoms with van der Waals surface area (Å²) >= 11 is 0. The molecule has 0 saturated heterocycles. The summed E-state index contributed by atoms with van der Waals surface area (Å²) in [4.78, 5) is 16.1. The summed E-state index contributed by atoms with van der Waals surface area (Å²) in [5.74, 6) is 0.409. The van der Waals surface area contributed by atoms with Crippen LogP contribution in [0.2, 0.25) is 0 Å². The molecule has 0 fully saturated rings. The van der Waals surface area contributed by atoms with Crippen molar-refractivity contribution in [3.63, 3.8) is 0 Å². The number of fused-ring (bicyclic) bond motifs is 1. The molecule has 0 bridgehead atoms.